The average Bonchev–Trinajstić information content (AvgIpc) is 2.87. The van der Waals surface area contributed by atoms with Crippen molar-refractivity contribution in [2.75, 3.05) is 0 Å². The third-order valence-electron chi connectivity index (χ3n) is 2.89. The van der Waals surface area contributed by atoms with Crippen LogP contribution in [0.25, 0.3) is 17.0 Å². The molecule has 10 heteroatoms. The van der Waals surface area contributed by atoms with Gasteiger partial charge >= 0.3 is 6.18 Å². The van der Waals surface area contributed by atoms with Gasteiger partial charge < -0.3 is 0 Å². The van der Waals surface area contributed by atoms with Crippen LogP contribution >= 0.6 is 45.8 Å². The molecule has 0 amide bonds. The number of rotatable bonds is 1. The molecule has 3 heterocycles. The standard InChI is InChI=1S/C12H4Cl2F3IN4/c13-6-1-2-22-8(4-19-11(22)9(6)18)7-3-5(12(15,16)17)10(14)21-20-7/h1-4H. The van der Waals surface area contributed by atoms with E-state index in [0.717, 1.165) is 6.07 Å². The first-order valence-electron chi connectivity index (χ1n) is 5.71. The van der Waals surface area contributed by atoms with Crippen LogP contribution in [-0.4, -0.2) is 19.6 Å². The largest absolute Gasteiger partial charge is 0.419 e. The highest BCUT2D eigenvalue weighted by Gasteiger charge is 2.35. The summed E-state index contributed by atoms with van der Waals surface area (Å²) in [5, 5.41) is 6.90. The van der Waals surface area contributed by atoms with E-state index < -0.39 is 16.9 Å². The van der Waals surface area contributed by atoms with Crippen molar-refractivity contribution in [1.29, 1.82) is 0 Å². The lowest BCUT2D eigenvalue weighted by Gasteiger charge is -2.09. The Balaban J connectivity index is 2.23. The van der Waals surface area contributed by atoms with Crippen LogP contribution in [0.2, 0.25) is 10.2 Å². The van der Waals surface area contributed by atoms with Crippen LogP contribution in [0.1, 0.15) is 5.56 Å². The molecule has 0 aliphatic rings. The summed E-state index contributed by atoms with van der Waals surface area (Å²) in [4.78, 5) is 4.16. The van der Waals surface area contributed by atoms with Crippen molar-refractivity contribution in [3.05, 3.63) is 43.8 Å². The van der Waals surface area contributed by atoms with Crippen LogP contribution in [0.3, 0.4) is 0 Å². The van der Waals surface area contributed by atoms with E-state index in [9.17, 15) is 13.2 Å². The minimum atomic E-state index is -4.61. The van der Waals surface area contributed by atoms with E-state index in [2.05, 4.69) is 15.2 Å². The summed E-state index contributed by atoms with van der Waals surface area (Å²) in [5.41, 5.74) is -0.146. The summed E-state index contributed by atoms with van der Waals surface area (Å²) in [7, 11) is 0. The first kappa shape index (κ1) is 15.8. The van der Waals surface area contributed by atoms with E-state index >= 15 is 0 Å². The molecule has 0 radical (unpaired) electrons. The molecule has 0 N–H and O–H groups in total. The number of halogens is 6. The molecule has 0 saturated heterocycles. The molecule has 0 aromatic carbocycles. The Hall–Kier alpha value is -1.13. The van der Waals surface area contributed by atoms with Gasteiger partial charge in [-0.2, -0.15) is 13.2 Å². The second kappa shape index (κ2) is 5.50. The van der Waals surface area contributed by atoms with Gasteiger partial charge in [0.2, 0.25) is 0 Å². The normalized spacial score (nSPS) is 12.1. The van der Waals surface area contributed by atoms with Gasteiger partial charge in [-0.15, -0.1) is 10.2 Å². The number of hydrogen-bond donors (Lipinski definition) is 0. The number of hydrogen-bond acceptors (Lipinski definition) is 3. The Morgan fingerprint density at radius 3 is 2.59 bits per heavy atom. The zero-order valence-corrected chi connectivity index (χ0v) is 14.0. The molecule has 0 atom stereocenters. The first-order valence-corrected chi connectivity index (χ1v) is 7.54. The van der Waals surface area contributed by atoms with Crippen LogP contribution in [0.4, 0.5) is 13.2 Å². The highest BCUT2D eigenvalue weighted by atomic mass is 127. The van der Waals surface area contributed by atoms with Gasteiger partial charge in [-0.05, 0) is 34.7 Å². The van der Waals surface area contributed by atoms with Crippen molar-refractivity contribution >= 4 is 51.4 Å². The zero-order valence-electron chi connectivity index (χ0n) is 10.4. The minimum Gasteiger partial charge on any atom is -0.297 e. The van der Waals surface area contributed by atoms with Gasteiger partial charge in [-0.1, -0.05) is 23.2 Å². The molecule has 0 aliphatic carbocycles. The topological polar surface area (TPSA) is 43.1 Å². The van der Waals surface area contributed by atoms with E-state index in [0.29, 0.717) is 19.9 Å². The molecule has 0 aliphatic heterocycles. The van der Waals surface area contributed by atoms with Gasteiger partial charge in [0.05, 0.1) is 26.0 Å². The fourth-order valence-electron chi connectivity index (χ4n) is 1.88. The molecule has 3 aromatic heterocycles. The zero-order chi connectivity index (χ0) is 16.1. The van der Waals surface area contributed by atoms with E-state index in [1.807, 2.05) is 22.6 Å². The first-order chi connectivity index (χ1) is 10.3. The molecule has 114 valence electrons. The summed E-state index contributed by atoms with van der Waals surface area (Å²) in [6.07, 6.45) is -1.60. The molecule has 4 nitrogen and oxygen atoms in total. The summed E-state index contributed by atoms with van der Waals surface area (Å²) < 4.78 is 41.0. The number of alkyl halides is 3. The molecular formula is C12H4Cl2F3IN4. The van der Waals surface area contributed by atoms with Crippen molar-refractivity contribution in [3.63, 3.8) is 0 Å². The fourth-order valence-corrected chi connectivity index (χ4v) is 2.80. The fraction of sp³-hybridized carbons (Fsp3) is 0.0833. The minimum absolute atomic E-state index is 0.0161. The van der Waals surface area contributed by atoms with Crippen LogP contribution in [0.15, 0.2) is 24.5 Å². The molecule has 0 fully saturated rings. The summed E-state index contributed by atoms with van der Waals surface area (Å²) in [6, 6.07) is 2.47. The third kappa shape index (κ3) is 2.63. The Kier molecular flexibility index (Phi) is 3.94. The lowest BCUT2D eigenvalue weighted by Crippen LogP contribution is -2.08. The highest BCUT2D eigenvalue weighted by molar-refractivity contribution is 14.1. The number of fused-ring (bicyclic) bond motifs is 1. The molecular weight excluding hydrogens is 455 g/mol. The maximum atomic E-state index is 12.9. The van der Waals surface area contributed by atoms with Gasteiger partial charge in [0, 0.05) is 6.20 Å². The maximum Gasteiger partial charge on any atom is 0.419 e. The van der Waals surface area contributed by atoms with E-state index in [1.54, 1.807) is 16.7 Å². The molecule has 3 aromatic rings. The van der Waals surface area contributed by atoms with Gasteiger partial charge in [0.25, 0.3) is 0 Å². The Morgan fingerprint density at radius 1 is 1.18 bits per heavy atom. The van der Waals surface area contributed by atoms with Crippen molar-refractivity contribution in [1.82, 2.24) is 19.6 Å². The van der Waals surface area contributed by atoms with E-state index in [1.165, 1.54) is 6.20 Å². The summed E-state index contributed by atoms with van der Waals surface area (Å²) >= 11 is 13.5. The maximum absolute atomic E-state index is 12.9. The smallest absolute Gasteiger partial charge is 0.297 e. The third-order valence-corrected chi connectivity index (χ3v) is 4.87. The lowest BCUT2D eigenvalue weighted by atomic mass is 10.2. The van der Waals surface area contributed by atoms with Crippen molar-refractivity contribution in [2.45, 2.75) is 6.18 Å². The number of aromatic nitrogens is 4. The molecule has 22 heavy (non-hydrogen) atoms. The van der Waals surface area contributed by atoms with Crippen LogP contribution in [-0.2, 0) is 6.18 Å². The monoisotopic (exact) mass is 458 g/mol. The molecule has 0 saturated carbocycles. The van der Waals surface area contributed by atoms with Gasteiger partial charge in [-0.25, -0.2) is 4.98 Å². The summed E-state index contributed by atoms with van der Waals surface area (Å²) in [6.45, 7) is 0. The van der Waals surface area contributed by atoms with Crippen LogP contribution < -0.4 is 0 Å². The average molecular weight is 459 g/mol. The highest BCUT2D eigenvalue weighted by Crippen LogP contribution is 2.35. The van der Waals surface area contributed by atoms with Crippen molar-refractivity contribution in [3.8, 4) is 11.4 Å². The quantitative estimate of drug-likeness (QED) is 0.495. The Labute approximate surface area is 145 Å². The van der Waals surface area contributed by atoms with E-state index in [4.69, 9.17) is 23.2 Å². The van der Waals surface area contributed by atoms with Crippen molar-refractivity contribution < 1.29 is 13.2 Å². The predicted octanol–water partition coefficient (Wildman–Crippen LogP) is 4.72. The number of pyridine rings is 1. The molecule has 3 rings (SSSR count). The van der Waals surface area contributed by atoms with Crippen molar-refractivity contribution in [2.24, 2.45) is 0 Å². The Bertz CT molecular complexity index is 879. The number of nitrogens with zero attached hydrogens (tertiary/aromatic N) is 4. The second-order valence-corrected chi connectivity index (χ2v) is 6.09. The SMILES string of the molecule is FC(F)(F)c1cc(-c2cnc3c(I)c(Cl)ccn23)nnc1Cl. The molecule has 0 spiro atoms. The predicted molar refractivity (Wildman–Crippen MR) is 84.0 cm³/mol. The molecule has 0 bridgehead atoms. The Morgan fingerprint density at radius 2 is 1.91 bits per heavy atom. The van der Waals surface area contributed by atoms with Gasteiger partial charge in [-0.3, -0.25) is 4.40 Å². The van der Waals surface area contributed by atoms with Gasteiger partial charge in [0.1, 0.15) is 5.69 Å². The van der Waals surface area contributed by atoms with Gasteiger partial charge in [0.15, 0.2) is 10.8 Å². The summed E-state index contributed by atoms with van der Waals surface area (Å²) in [5.74, 6) is 0. The lowest BCUT2D eigenvalue weighted by molar-refractivity contribution is -0.137. The van der Waals surface area contributed by atoms with E-state index in [-0.39, 0.29) is 5.69 Å². The second-order valence-electron chi connectivity index (χ2n) is 4.25. The van der Waals surface area contributed by atoms with Crippen LogP contribution in [0.5, 0.6) is 0 Å². The number of imidazole rings is 1. The molecule has 0 unspecified atom stereocenters. The van der Waals surface area contributed by atoms with Crippen LogP contribution in [0, 0.1) is 3.57 Å².